The first-order valence-electron chi connectivity index (χ1n) is 6.10. The van der Waals surface area contributed by atoms with E-state index in [0.717, 1.165) is 17.7 Å². The van der Waals surface area contributed by atoms with E-state index in [-0.39, 0.29) is 6.61 Å². The normalized spacial score (nSPS) is 10.6. The molecule has 0 radical (unpaired) electrons. The van der Waals surface area contributed by atoms with Crippen LogP contribution in [0, 0.1) is 11.6 Å². The molecule has 2 rings (SSSR count). The molecule has 0 spiro atoms. The van der Waals surface area contributed by atoms with E-state index < -0.39 is 11.6 Å². The number of rotatable bonds is 5. The molecule has 0 atom stereocenters. The molecule has 106 valence electrons. The Labute approximate surface area is 121 Å². The number of ether oxygens (including phenoxy) is 1. The van der Waals surface area contributed by atoms with Crippen molar-refractivity contribution < 1.29 is 13.5 Å². The van der Waals surface area contributed by atoms with E-state index in [4.69, 9.17) is 16.3 Å². The minimum absolute atomic E-state index is 0.147. The van der Waals surface area contributed by atoms with E-state index in [1.807, 2.05) is 7.05 Å². The van der Waals surface area contributed by atoms with Gasteiger partial charge in [0.1, 0.15) is 12.4 Å². The maximum atomic E-state index is 13.1. The van der Waals surface area contributed by atoms with Gasteiger partial charge in [-0.3, -0.25) is 0 Å². The van der Waals surface area contributed by atoms with Crippen LogP contribution < -0.4 is 10.1 Å². The molecule has 0 bridgehead atoms. The summed E-state index contributed by atoms with van der Waals surface area (Å²) in [4.78, 5) is 0. The van der Waals surface area contributed by atoms with Gasteiger partial charge in [0.2, 0.25) is 0 Å². The van der Waals surface area contributed by atoms with E-state index in [1.165, 1.54) is 6.07 Å². The van der Waals surface area contributed by atoms with Crippen LogP contribution in [0.5, 0.6) is 5.75 Å². The average molecular weight is 298 g/mol. The summed E-state index contributed by atoms with van der Waals surface area (Å²) in [6, 6.07) is 9.04. The van der Waals surface area contributed by atoms with Gasteiger partial charge in [-0.2, -0.15) is 0 Å². The molecule has 1 N–H and O–H groups in total. The van der Waals surface area contributed by atoms with Crippen molar-refractivity contribution in [1.82, 2.24) is 5.32 Å². The Balaban J connectivity index is 2.14. The highest BCUT2D eigenvalue weighted by Crippen LogP contribution is 2.27. The van der Waals surface area contributed by atoms with Crippen LogP contribution in [0.3, 0.4) is 0 Å². The summed E-state index contributed by atoms with van der Waals surface area (Å²) in [7, 11) is 1.81. The number of hydrogen-bond acceptors (Lipinski definition) is 2. The highest BCUT2D eigenvalue weighted by Gasteiger charge is 2.08. The number of nitrogens with one attached hydrogen (secondary N) is 1. The van der Waals surface area contributed by atoms with Gasteiger partial charge in [-0.15, -0.1) is 0 Å². The summed E-state index contributed by atoms with van der Waals surface area (Å²) in [5.74, 6) is -1.13. The molecule has 0 fully saturated rings. The zero-order valence-corrected chi connectivity index (χ0v) is 11.7. The van der Waals surface area contributed by atoms with Crippen molar-refractivity contribution in [2.75, 3.05) is 7.05 Å². The van der Waals surface area contributed by atoms with Crippen LogP contribution in [-0.2, 0) is 13.2 Å². The molecule has 0 unspecified atom stereocenters. The molecule has 0 aliphatic rings. The molecule has 0 saturated heterocycles. The molecular weight excluding hydrogens is 284 g/mol. The fourth-order valence-electron chi connectivity index (χ4n) is 1.81. The monoisotopic (exact) mass is 297 g/mol. The van der Waals surface area contributed by atoms with Crippen molar-refractivity contribution in [3.8, 4) is 5.75 Å². The Morgan fingerprint density at radius 2 is 1.95 bits per heavy atom. The van der Waals surface area contributed by atoms with Crippen LogP contribution in [-0.4, -0.2) is 7.05 Å². The van der Waals surface area contributed by atoms with Crippen molar-refractivity contribution in [2.45, 2.75) is 13.2 Å². The topological polar surface area (TPSA) is 21.3 Å². The van der Waals surface area contributed by atoms with Gasteiger partial charge in [0.15, 0.2) is 11.6 Å². The van der Waals surface area contributed by atoms with Gasteiger partial charge in [-0.1, -0.05) is 23.7 Å². The van der Waals surface area contributed by atoms with Crippen molar-refractivity contribution in [1.29, 1.82) is 0 Å². The van der Waals surface area contributed by atoms with Crippen molar-refractivity contribution >= 4 is 11.6 Å². The Hall–Kier alpha value is -1.65. The molecule has 0 aliphatic carbocycles. The van der Waals surface area contributed by atoms with E-state index in [9.17, 15) is 8.78 Å². The van der Waals surface area contributed by atoms with E-state index in [1.54, 1.807) is 18.2 Å². The summed E-state index contributed by atoms with van der Waals surface area (Å²) >= 11 is 6.11. The Morgan fingerprint density at radius 1 is 1.15 bits per heavy atom. The third-order valence-corrected chi connectivity index (χ3v) is 3.16. The molecule has 0 amide bonds. The molecular formula is C15H14ClF2NO. The van der Waals surface area contributed by atoms with Gasteiger partial charge in [0.05, 0.1) is 0 Å². The molecule has 0 saturated carbocycles. The SMILES string of the molecule is CNCc1c(Cl)cccc1OCc1ccc(F)c(F)c1. The third kappa shape index (κ3) is 3.46. The second kappa shape index (κ2) is 6.68. The number of halogens is 3. The van der Waals surface area contributed by atoms with Crippen LogP contribution in [0.4, 0.5) is 8.78 Å². The van der Waals surface area contributed by atoms with E-state index >= 15 is 0 Å². The van der Waals surface area contributed by atoms with Crippen LogP contribution >= 0.6 is 11.6 Å². The molecule has 2 aromatic rings. The molecule has 2 aromatic carbocycles. The minimum atomic E-state index is -0.882. The first kappa shape index (κ1) is 14.8. The predicted molar refractivity (Wildman–Crippen MR) is 74.9 cm³/mol. The summed E-state index contributed by atoms with van der Waals surface area (Å²) in [5, 5.41) is 3.61. The van der Waals surface area contributed by atoms with Crippen LogP contribution in [0.25, 0.3) is 0 Å². The lowest BCUT2D eigenvalue weighted by atomic mass is 10.2. The lowest BCUT2D eigenvalue weighted by molar-refractivity contribution is 0.301. The quantitative estimate of drug-likeness (QED) is 0.903. The lowest BCUT2D eigenvalue weighted by Gasteiger charge is -2.13. The van der Waals surface area contributed by atoms with E-state index in [2.05, 4.69) is 5.32 Å². The third-order valence-electron chi connectivity index (χ3n) is 2.81. The van der Waals surface area contributed by atoms with Crippen LogP contribution in [0.1, 0.15) is 11.1 Å². The highest BCUT2D eigenvalue weighted by molar-refractivity contribution is 6.31. The summed E-state index contributed by atoms with van der Waals surface area (Å²) in [6.45, 7) is 0.709. The molecule has 2 nitrogen and oxygen atoms in total. The van der Waals surface area contributed by atoms with Gasteiger partial charge in [0, 0.05) is 17.1 Å². The average Bonchev–Trinajstić information content (AvgIpc) is 2.43. The molecule has 0 aromatic heterocycles. The summed E-state index contributed by atoms with van der Waals surface area (Å²) < 4.78 is 31.6. The molecule has 0 aliphatic heterocycles. The number of hydrogen-bond donors (Lipinski definition) is 1. The van der Waals surface area contributed by atoms with Crippen molar-refractivity contribution in [3.05, 3.63) is 64.2 Å². The predicted octanol–water partition coefficient (Wildman–Crippen LogP) is 3.92. The maximum Gasteiger partial charge on any atom is 0.159 e. The lowest BCUT2D eigenvalue weighted by Crippen LogP contribution is -2.08. The molecule has 20 heavy (non-hydrogen) atoms. The standard InChI is InChI=1S/C15H14ClF2NO/c1-19-8-11-12(16)3-2-4-15(11)20-9-10-5-6-13(17)14(18)7-10/h2-7,19H,8-9H2,1H3. The zero-order valence-electron chi connectivity index (χ0n) is 10.9. The fourth-order valence-corrected chi connectivity index (χ4v) is 2.05. The van der Waals surface area contributed by atoms with Crippen molar-refractivity contribution in [3.63, 3.8) is 0 Å². The maximum absolute atomic E-state index is 13.1. The second-order valence-corrected chi connectivity index (χ2v) is 4.69. The number of benzene rings is 2. The van der Waals surface area contributed by atoms with Gasteiger partial charge >= 0.3 is 0 Å². The zero-order chi connectivity index (χ0) is 14.5. The molecule has 0 heterocycles. The Kier molecular flexibility index (Phi) is 4.93. The molecule has 5 heteroatoms. The first-order valence-corrected chi connectivity index (χ1v) is 6.48. The highest BCUT2D eigenvalue weighted by atomic mass is 35.5. The Morgan fingerprint density at radius 3 is 2.65 bits per heavy atom. The van der Waals surface area contributed by atoms with Crippen LogP contribution in [0.15, 0.2) is 36.4 Å². The largest absolute Gasteiger partial charge is 0.489 e. The summed E-state index contributed by atoms with van der Waals surface area (Å²) in [6.07, 6.45) is 0. The van der Waals surface area contributed by atoms with Gasteiger partial charge in [-0.25, -0.2) is 8.78 Å². The van der Waals surface area contributed by atoms with Gasteiger partial charge < -0.3 is 10.1 Å². The summed E-state index contributed by atoms with van der Waals surface area (Å²) in [5.41, 5.74) is 1.39. The fraction of sp³-hybridized carbons (Fsp3) is 0.200. The van der Waals surface area contributed by atoms with E-state index in [0.29, 0.717) is 22.9 Å². The van der Waals surface area contributed by atoms with Gasteiger partial charge in [-0.05, 0) is 36.9 Å². The van der Waals surface area contributed by atoms with Crippen molar-refractivity contribution in [2.24, 2.45) is 0 Å². The van der Waals surface area contributed by atoms with Gasteiger partial charge in [0.25, 0.3) is 0 Å². The first-order chi connectivity index (χ1) is 9.61. The second-order valence-electron chi connectivity index (χ2n) is 4.28. The minimum Gasteiger partial charge on any atom is -0.489 e. The Bertz CT molecular complexity index is 604. The smallest absolute Gasteiger partial charge is 0.159 e. The van der Waals surface area contributed by atoms with Crippen LogP contribution in [0.2, 0.25) is 5.02 Å².